The number of ether oxygens (including phenoxy) is 1. The molecule has 0 spiro atoms. The monoisotopic (exact) mass is 392 g/mol. The number of benzene rings is 2. The van der Waals surface area contributed by atoms with Crippen LogP contribution < -0.4 is 10.5 Å². The SMILES string of the molecule is N#Cc1ccc(OCCCN2CCC(C(N)(C#N)c3cccc(F)c3)CC2)cc1. The van der Waals surface area contributed by atoms with Crippen molar-refractivity contribution in [3.63, 3.8) is 0 Å². The predicted molar refractivity (Wildman–Crippen MR) is 108 cm³/mol. The first-order valence-electron chi connectivity index (χ1n) is 9.86. The largest absolute Gasteiger partial charge is 0.494 e. The molecule has 0 amide bonds. The van der Waals surface area contributed by atoms with Crippen molar-refractivity contribution in [1.29, 1.82) is 10.5 Å². The molecule has 1 heterocycles. The molecule has 0 aromatic heterocycles. The molecule has 29 heavy (non-hydrogen) atoms. The molecule has 0 saturated carbocycles. The molecule has 0 bridgehead atoms. The summed E-state index contributed by atoms with van der Waals surface area (Å²) < 4.78 is 19.3. The Morgan fingerprint density at radius 3 is 2.48 bits per heavy atom. The smallest absolute Gasteiger partial charge is 0.132 e. The average Bonchev–Trinajstić information content (AvgIpc) is 2.77. The Bertz CT molecular complexity index is 894. The summed E-state index contributed by atoms with van der Waals surface area (Å²) in [6.07, 6.45) is 2.49. The first-order valence-corrected chi connectivity index (χ1v) is 9.86. The van der Waals surface area contributed by atoms with Crippen molar-refractivity contribution in [2.45, 2.75) is 24.8 Å². The van der Waals surface area contributed by atoms with Gasteiger partial charge in [-0.05, 0) is 80.2 Å². The molecule has 1 aliphatic rings. The van der Waals surface area contributed by atoms with Gasteiger partial charge in [-0.2, -0.15) is 10.5 Å². The van der Waals surface area contributed by atoms with E-state index in [-0.39, 0.29) is 11.7 Å². The lowest BCUT2D eigenvalue weighted by atomic mass is 9.75. The molecule has 3 rings (SSSR count). The molecule has 150 valence electrons. The van der Waals surface area contributed by atoms with E-state index in [1.807, 2.05) is 0 Å². The van der Waals surface area contributed by atoms with Gasteiger partial charge >= 0.3 is 0 Å². The van der Waals surface area contributed by atoms with Gasteiger partial charge in [-0.1, -0.05) is 12.1 Å². The lowest BCUT2D eigenvalue weighted by Gasteiger charge is -2.39. The molecule has 0 radical (unpaired) electrons. The summed E-state index contributed by atoms with van der Waals surface area (Å²) in [6.45, 7) is 3.23. The van der Waals surface area contributed by atoms with E-state index >= 15 is 0 Å². The molecule has 1 atom stereocenters. The maximum atomic E-state index is 13.6. The number of piperidine rings is 1. The first-order chi connectivity index (χ1) is 14.0. The molecule has 5 nitrogen and oxygen atoms in total. The Kier molecular flexibility index (Phi) is 6.82. The van der Waals surface area contributed by atoms with Gasteiger partial charge in [-0.15, -0.1) is 0 Å². The fraction of sp³-hybridized carbons (Fsp3) is 0.391. The fourth-order valence-corrected chi connectivity index (χ4v) is 3.85. The molecule has 1 fully saturated rings. The third-order valence-corrected chi connectivity index (χ3v) is 5.59. The highest BCUT2D eigenvalue weighted by Gasteiger charge is 2.39. The van der Waals surface area contributed by atoms with Gasteiger partial charge in [0.25, 0.3) is 0 Å². The van der Waals surface area contributed by atoms with Gasteiger partial charge in [-0.3, -0.25) is 0 Å². The van der Waals surface area contributed by atoms with Gasteiger partial charge in [0.05, 0.1) is 24.3 Å². The van der Waals surface area contributed by atoms with Crippen molar-refractivity contribution >= 4 is 0 Å². The Morgan fingerprint density at radius 1 is 1.14 bits per heavy atom. The molecule has 6 heteroatoms. The Balaban J connectivity index is 1.45. The second-order valence-electron chi connectivity index (χ2n) is 7.45. The second-order valence-corrected chi connectivity index (χ2v) is 7.45. The Labute approximate surface area is 171 Å². The van der Waals surface area contributed by atoms with Crippen molar-refractivity contribution in [2.24, 2.45) is 11.7 Å². The highest BCUT2D eigenvalue weighted by atomic mass is 19.1. The maximum Gasteiger partial charge on any atom is 0.132 e. The van der Waals surface area contributed by atoms with Crippen LogP contribution in [0.25, 0.3) is 0 Å². The zero-order valence-corrected chi connectivity index (χ0v) is 16.4. The quantitative estimate of drug-likeness (QED) is 0.728. The van der Waals surface area contributed by atoms with E-state index in [4.69, 9.17) is 15.7 Å². The van der Waals surface area contributed by atoms with E-state index in [2.05, 4.69) is 17.0 Å². The summed E-state index contributed by atoms with van der Waals surface area (Å²) in [4.78, 5) is 2.35. The van der Waals surface area contributed by atoms with Crippen LogP contribution in [-0.2, 0) is 5.54 Å². The van der Waals surface area contributed by atoms with Crippen LogP contribution in [0.3, 0.4) is 0 Å². The number of hydrogen-bond acceptors (Lipinski definition) is 5. The Hall–Kier alpha value is -2.93. The van der Waals surface area contributed by atoms with Gasteiger partial charge in [0.15, 0.2) is 0 Å². The van der Waals surface area contributed by atoms with E-state index in [0.29, 0.717) is 17.7 Å². The summed E-state index contributed by atoms with van der Waals surface area (Å²) in [6, 6.07) is 17.5. The van der Waals surface area contributed by atoms with E-state index < -0.39 is 5.54 Å². The standard InChI is InChI=1S/C23H25FN4O/c24-21-4-1-3-20(15-21)23(27,17-26)19-9-12-28(13-10-19)11-2-14-29-22-7-5-18(16-25)6-8-22/h1,3-8,15,19H,2,9-14,27H2. The molecule has 1 aliphatic heterocycles. The van der Waals surface area contributed by atoms with Gasteiger partial charge in [-0.25, -0.2) is 4.39 Å². The van der Waals surface area contributed by atoms with Crippen LogP contribution in [0.5, 0.6) is 5.75 Å². The molecular weight excluding hydrogens is 367 g/mol. The highest BCUT2D eigenvalue weighted by molar-refractivity contribution is 5.34. The lowest BCUT2D eigenvalue weighted by molar-refractivity contribution is 0.141. The molecular formula is C23H25FN4O. The Morgan fingerprint density at radius 2 is 1.86 bits per heavy atom. The minimum Gasteiger partial charge on any atom is -0.494 e. The van der Waals surface area contributed by atoms with Gasteiger partial charge < -0.3 is 15.4 Å². The van der Waals surface area contributed by atoms with Gasteiger partial charge in [0, 0.05) is 6.54 Å². The first kappa shape index (κ1) is 20.8. The topological polar surface area (TPSA) is 86.1 Å². The minimum absolute atomic E-state index is 0.000416. The number of nitrogens with zero attached hydrogens (tertiary/aromatic N) is 3. The second kappa shape index (κ2) is 9.52. The minimum atomic E-state index is -1.16. The summed E-state index contributed by atoms with van der Waals surface area (Å²) >= 11 is 0. The van der Waals surface area contributed by atoms with Crippen LogP contribution in [0.2, 0.25) is 0 Å². The van der Waals surface area contributed by atoms with Crippen LogP contribution in [0.15, 0.2) is 48.5 Å². The molecule has 2 aromatic rings. The molecule has 1 saturated heterocycles. The van der Waals surface area contributed by atoms with Gasteiger partial charge in [0.2, 0.25) is 0 Å². The van der Waals surface area contributed by atoms with Crippen molar-refractivity contribution in [3.8, 4) is 17.9 Å². The van der Waals surface area contributed by atoms with E-state index in [0.717, 1.165) is 44.6 Å². The number of nitriles is 2. The number of rotatable bonds is 7. The van der Waals surface area contributed by atoms with E-state index in [1.165, 1.54) is 12.1 Å². The molecule has 2 N–H and O–H groups in total. The van der Waals surface area contributed by atoms with Crippen molar-refractivity contribution in [2.75, 3.05) is 26.2 Å². The third kappa shape index (κ3) is 5.12. The summed E-state index contributed by atoms with van der Waals surface area (Å²) in [7, 11) is 0. The highest BCUT2D eigenvalue weighted by Crippen LogP contribution is 2.34. The molecule has 1 unspecified atom stereocenters. The van der Waals surface area contributed by atoms with Crippen LogP contribution in [0.4, 0.5) is 4.39 Å². The molecule has 2 aromatic carbocycles. The van der Waals surface area contributed by atoms with Crippen LogP contribution in [-0.4, -0.2) is 31.1 Å². The lowest BCUT2D eigenvalue weighted by Crippen LogP contribution is -2.48. The summed E-state index contributed by atoms with van der Waals surface area (Å²) in [5.41, 5.74) is 6.44. The maximum absolute atomic E-state index is 13.6. The zero-order chi connectivity index (χ0) is 20.7. The normalized spacial score (nSPS) is 17.1. The molecule has 0 aliphatic carbocycles. The van der Waals surface area contributed by atoms with Gasteiger partial charge in [0.1, 0.15) is 17.1 Å². The van der Waals surface area contributed by atoms with Crippen LogP contribution >= 0.6 is 0 Å². The van der Waals surface area contributed by atoms with E-state index in [9.17, 15) is 9.65 Å². The number of likely N-dealkylation sites (tertiary alicyclic amines) is 1. The summed E-state index contributed by atoms with van der Waals surface area (Å²) in [5.74, 6) is 0.396. The van der Waals surface area contributed by atoms with Crippen molar-refractivity contribution in [3.05, 3.63) is 65.5 Å². The average molecular weight is 392 g/mol. The number of hydrogen-bond donors (Lipinski definition) is 1. The third-order valence-electron chi connectivity index (χ3n) is 5.59. The van der Waals surface area contributed by atoms with Crippen LogP contribution in [0.1, 0.15) is 30.4 Å². The van der Waals surface area contributed by atoms with Crippen molar-refractivity contribution < 1.29 is 9.13 Å². The number of nitrogens with two attached hydrogens (primary N) is 1. The van der Waals surface area contributed by atoms with E-state index in [1.54, 1.807) is 36.4 Å². The number of halogens is 1. The predicted octanol–water partition coefficient (Wildman–Crippen LogP) is 3.56. The zero-order valence-electron chi connectivity index (χ0n) is 16.4. The van der Waals surface area contributed by atoms with Crippen LogP contribution in [0, 0.1) is 34.4 Å². The van der Waals surface area contributed by atoms with Crippen molar-refractivity contribution in [1.82, 2.24) is 4.90 Å². The summed E-state index contributed by atoms with van der Waals surface area (Å²) in [5, 5.41) is 18.5. The fourth-order valence-electron chi connectivity index (χ4n) is 3.85.